The normalized spacial score (nSPS) is 16.4. The van der Waals surface area contributed by atoms with E-state index in [1.165, 1.54) is 0 Å². The molecule has 0 bridgehead atoms. The van der Waals surface area contributed by atoms with Crippen molar-refractivity contribution in [2.24, 2.45) is 0 Å². The minimum atomic E-state index is 0.376. The van der Waals surface area contributed by atoms with Crippen LogP contribution in [-0.2, 0) is 6.54 Å². The molecule has 2 aromatic heterocycles. The molecular weight excluding hydrogens is 248 g/mol. The van der Waals surface area contributed by atoms with E-state index in [0.717, 1.165) is 29.6 Å². The predicted molar refractivity (Wildman–Crippen MR) is 65.9 cm³/mol. The van der Waals surface area contributed by atoms with Crippen molar-refractivity contribution in [1.82, 2.24) is 24.9 Å². The Morgan fingerprint density at radius 1 is 1.50 bits per heavy atom. The molecule has 0 aromatic carbocycles. The number of aryl methyl sites for hydroxylation is 1. The molecule has 0 atom stereocenters. The van der Waals surface area contributed by atoms with E-state index in [1.54, 1.807) is 23.7 Å². The SMILES string of the molecule is Cc1nnc(CN2CC(n3cc(C#N)cn3)C2)s1. The molecule has 0 aliphatic carbocycles. The highest BCUT2D eigenvalue weighted by Crippen LogP contribution is 2.23. The number of hydrogen-bond acceptors (Lipinski definition) is 6. The summed E-state index contributed by atoms with van der Waals surface area (Å²) < 4.78 is 1.88. The van der Waals surface area contributed by atoms with Gasteiger partial charge in [0, 0.05) is 19.3 Å². The van der Waals surface area contributed by atoms with Crippen molar-refractivity contribution in [3.05, 3.63) is 28.0 Å². The zero-order valence-electron chi connectivity index (χ0n) is 9.94. The summed E-state index contributed by atoms with van der Waals surface area (Å²) in [6, 6.07) is 2.47. The van der Waals surface area contributed by atoms with E-state index in [0.29, 0.717) is 11.6 Å². The molecule has 92 valence electrons. The first-order chi connectivity index (χ1) is 8.74. The molecule has 3 heterocycles. The van der Waals surface area contributed by atoms with Gasteiger partial charge in [-0.25, -0.2) is 0 Å². The van der Waals surface area contributed by atoms with Crippen LogP contribution in [0, 0.1) is 18.3 Å². The largest absolute Gasteiger partial charge is 0.292 e. The molecule has 0 N–H and O–H groups in total. The maximum atomic E-state index is 8.74. The Hall–Kier alpha value is -1.78. The van der Waals surface area contributed by atoms with Gasteiger partial charge >= 0.3 is 0 Å². The average molecular weight is 260 g/mol. The summed E-state index contributed by atoms with van der Waals surface area (Å²) in [5.74, 6) is 0. The fourth-order valence-corrected chi connectivity index (χ4v) is 2.78. The summed E-state index contributed by atoms with van der Waals surface area (Å²) in [6.07, 6.45) is 3.41. The Morgan fingerprint density at radius 3 is 2.94 bits per heavy atom. The van der Waals surface area contributed by atoms with Gasteiger partial charge in [-0.3, -0.25) is 9.58 Å². The number of likely N-dealkylation sites (tertiary alicyclic amines) is 1. The molecule has 1 aliphatic heterocycles. The molecule has 1 saturated heterocycles. The first kappa shape index (κ1) is 11.3. The van der Waals surface area contributed by atoms with Crippen molar-refractivity contribution >= 4 is 11.3 Å². The molecule has 0 saturated carbocycles. The van der Waals surface area contributed by atoms with Crippen LogP contribution in [0.25, 0.3) is 0 Å². The monoisotopic (exact) mass is 260 g/mol. The number of nitriles is 1. The molecule has 18 heavy (non-hydrogen) atoms. The highest BCUT2D eigenvalue weighted by atomic mass is 32.1. The van der Waals surface area contributed by atoms with Crippen molar-refractivity contribution in [3.8, 4) is 6.07 Å². The molecule has 2 aromatic rings. The first-order valence-electron chi connectivity index (χ1n) is 5.70. The van der Waals surface area contributed by atoms with Gasteiger partial charge in [0.05, 0.1) is 24.3 Å². The molecule has 6 nitrogen and oxygen atoms in total. The van der Waals surface area contributed by atoms with Crippen LogP contribution in [0.1, 0.15) is 21.6 Å². The Kier molecular flexibility index (Phi) is 2.81. The fraction of sp³-hybridized carbons (Fsp3) is 0.455. The van der Waals surface area contributed by atoms with Gasteiger partial charge in [-0.15, -0.1) is 21.5 Å². The second-order valence-electron chi connectivity index (χ2n) is 4.38. The lowest BCUT2D eigenvalue weighted by molar-refractivity contribution is 0.0906. The summed E-state index contributed by atoms with van der Waals surface area (Å²) in [5.41, 5.74) is 0.619. The third kappa shape index (κ3) is 2.12. The zero-order chi connectivity index (χ0) is 12.5. The highest BCUT2D eigenvalue weighted by Gasteiger charge is 2.29. The molecule has 0 amide bonds. The summed E-state index contributed by atoms with van der Waals surface area (Å²) in [5, 5.41) is 23.1. The molecule has 1 fully saturated rings. The summed E-state index contributed by atoms with van der Waals surface area (Å²) >= 11 is 1.64. The molecule has 3 rings (SSSR count). The molecule has 0 unspecified atom stereocenters. The number of hydrogen-bond donors (Lipinski definition) is 0. The van der Waals surface area contributed by atoms with Crippen LogP contribution < -0.4 is 0 Å². The maximum absolute atomic E-state index is 8.74. The molecular formula is C11H12N6S. The van der Waals surface area contributed by atoms with Gasteiger partial charge in [0.15, 0.2) is 0 Å². The van der Waals surface area contributed by atoms with Crippen molar-refractivity contribution in [2.45, 2.75) is 19.5 Å². The van der Waals surface area contributed by atoms with E-state index in [-0.39, 0.29) is 0 Å². The van der Waals surface area contributed by atoms with Gasteiger partial charge < -0.3 is 0 Å². The van der Waals surface area contributed by atoms with E-state index in [9.17, 15) is 0 Å². The molecule has 0 radical (unpaired) electrons. The fourth-order valence-electron chi connectivity index (χ4n) is 2.03. The quantitative estimate of drug-likeness (QED) is 0.822. The highest BCUT2D eigenvalue weighted by molar-refractivity contribution is 7.11. The van der Waals surface area contributed by atoms with Gasteiger partial charge in [-0.2, -0.15) is 10.4 Å². The smallest absolute Gasteiger partial charge is 0.131 e. The van der Waals surface area contributed by atoms with Crippen LogP contribution in [0.15, 0.2) is 12.4 Å². The van der Waals surface area contributed by atoms with E-state index in [4.69, 9.17) is 5.26 Å². The summed E-state index contributed by atoms with van der Waals surface area (Å²) in [4.78, 5) is 2.30. The zero-order valence-corrected chi connectivity index (χ0v) is 10.8. The standard InChI is InChI=1S/C11H12N6S/c1-8-14-15-11(18-8)7-16-5-10(6-16)17-4-9(2-12)3-13-17/h3-4,10H,5-7H2,1H3. The predicted octanol–water partition coefficient (Wildman–Crippen LogP) is 0.972. The lowest BCUT2D eigenvalue weighted by atomic mass is 10.1. The van der Waals surface area contributed by atoms with Crippen molar-refractivity contribution in [2.75, 3.05) is 13.1 Å². The Morgan fingerprint density at radius 2 is 2.33 bits per heavy atom. The maximum Gasteiger partial charge on any atom is 0.131 e. The van der Waals surface area contributed by atoms with Crippen LogP contribution in [0.5, 0.6) is 0 Å². The molecule has 0 spiro atoms. The van der Waals surface area contributed by atoms with Crippen LogP contribution in [0.4, 0.5) is 0 Å². The minimum Gasteiger partial charge on any atom is -0.292 e. The van der Waals surface area contributed by atoms with Crippen LogP contribution in [0.2, 0.25) is 0 Å². The van der Waals surface area contributed by atoms with E-state index < -0.39 is 0 Å². The number of rotatable bonds is 3. The van der Waals surface area contributed by atoms with Crippen molar-refractivity contribution in [1.29, 1.82) is 5.26 Å². The van der Waals surface area contributed by atoms with Crippen molar-refractivity contribution < 1.29 is 0 Å². The second-order valence-corrected chi connectivity index (χ2v) is 5.65. The lowest BCUT2D eigenvalue weighted by Gasteiger charge is -2.38. The van der Waals surface area contributed by atoms with Crippen molar-refractivity contribution in [3.63, 3.8) is 0 Å². The average Bonchev–Trinajstić information content (AvgIpc) is 2.91. The van der Waals surface area contributed by atoms with Gasteiger partial charge in [0.1, 0.15) is 16.1 Å². The van der Waals surface area contributed by atoms with E-state index in [2.05, 4.69) is 26.3 Å². The van der Waals surface area contributed by atoms with Gasteiger partial charge in [0.2, 0.25) is 0 Å². The Labute approximate surface area is 108 Å². The summed E-state index contributed by atoms with van der Waals surface area (Å²) in [6.45, 7) is 4.72. The van der Waals surface area contributed by atoms with Gasteiger partial charge in [0.25, 0.3) is 0 Å². The number of aromatic nitrogens is 4. The molecule has 7 heteroatoms. The first-order valence-corrected chi connectivity index (χ1v) is 6.52. The topological polar surface area (TPSA) is 70.6 Å². The number of nitrogens with zero attached hydrogens (tertiary/aromatic N) is 6. The van der Waals surface area contributed by atoms with Gasteiger partial charge in [-0.05, 0) is 6.92 Å². The Balaban J connectivity index is 1.55. The molecule has 1 aliphatic rings. The van der Waals surface area contributed by atoms with E-state index >= 15 is 0 Å². The van der Waals surface area contributed by atoms with Crippen LogP contribution in [-0.4, -0.2) is 38.0 Å². The third-order valence-corrected chi connectivity index (χ3v) is 3.79. The van der Waals surface area contributed by atoms with Crippen LogP contribution >= 0.6 is 11.3 Å². The lowest BCUT2D eigenvalue weighted by Crippen LogP contribution is -2.47. The third-order valence-electron chi connectivity index (χ3n) is 2.97. The second kappa shape index (κ2) is 4.48. The van der Waals surface area contributed by atoms with E-state index in [1.807, 2.05) is 11.6 Å². The summed E-state index contributed by atoms with van der Waals surface area (Å²) in [7, 11) is 0. The van der Waals surface area contributed by atoms with Crippen LogP contribution in [0.3, 0.4) is 0 Å². The van der Waals surface area contributed by atoms with Gasteiger partial charge in [-0.1, -0.05) is 0 Å². The minimum absolute atomic E-state index is 0.376. The Bertz CT molecular complexity index is 589.